The first kappa shape index (κ1) is 10.9. The van der Waals surface area contributed by atoms with Crippen LogP contribution in [0, 0.1) is 0 Å². The maximum absolute atomic E-state index is 10.7. The van der Waals surface area contributed by atoms with E-state index in [0.29, 0.717) is 0 Å². The molecule has 0 unspecified atom stereocenters. The molecular formula is C14H8NO2S-. The van der Waals surface area contributed by atoms with E-state index in [9.17, 15) is 9.90 Å². The van der Waals surface area contributed by atoms with E-state index in [-0.39, 0.29) is 5.56 Å². The van der Waals surface area contributed by atoms with Gasteiger partial charge in [-0.2, -0.15) is 0 Å². The highest BCUT2D eigenvalue weighted by Gasteiger charge is 2.05. The lowest BCUT2D eigenvalue weighted by Gasteiger charge is -2.02. The van der Waals surface area contributed by atoms with E-state index in [2.05, 4.69) is 4.98 Å². The summed E-state index contributed by atoms with van der Waals surface area (Å²) in [5.41, 5.74) is 2.06. The molecule has 0 fully saturated rings. The topological polar surface area (TPSA) is 53.0 Å². The molecule has 0 bridgehead atoms. The predicted octanol–water partition coefficient (Wildman–Crippen LogP) is 2.33. The number of hydrogen-bond donors (Lipinski definition) is 0. The van der Waals surface area contributed by atoms with Gasteiger partial charge in [0, 0.05) is 5.56 Å². The number of carboxylic acids is 1. The van der Waals surface area contributed by atoms with Gasteiger partial charge in [-0.25, -0.2) is 4.98 Å². The van der Waals surface area contributed by atoms with Gasteiger partial charge in [0.1, 0.15) is 5.01 Å². The predicted molar refractivity (Wildman–Crippen MR) is 69.4 cm³/mol. The number of rotatable bonds is 2. The molecule has 4 heteroatoms. The van der Waals surface area contributed by atoms with E-state index in [4.69, 9.17) is 0 Å². The Kier molecular flexibility index (Phi) is 2.57. The third kappa shape index (κ3) is 1.87. The molecule has 3 nitrogen and oxygen atoms in total. The molecule has 0 saturated heterocycles. The summed E-state index contributed by atoms with van der Waals surface area (Å²) < 4.78 is 1.12. The average molecular weight is 254 g/mol. The molecule has 0 aliphatic rings. The summed E-state index contributed by atoms with van der Waals surface area (Å²) in [7, 11) is 0. The van der Waals surface area contributed by atoms with Crippen molar-refractivity contribution in [3.8, 4) is 10.6 Å². The molecule has 0 amide bonds. The Balaban J connectivity index is 2.06. The molecular weight excluding hydrogens is 246 g/mol. The summed E-state index contributed by atoms with van der Waals surface area (Å²) in [6, 6.07) is 14.5. The van der Waals surface area contributed by atoms with Crippen molar-refractivity contribution in [1.82, 2.24) is 4.98 Å². The van der Waals surface area contributed by atoms with Gasteiger partial charge in [0.15, 0.2) is 0 Å². The van der Waals surface area contributed by atoms with Gasteiger partial charge in [-0.15, -0.1) is 11.3 Å². The minimum Gasteiger partial charge on any atom is -0.545 e. The minimum absolute atomic E-state index is 0.180. The zero-order valence-electron chi connectivity index (χ0n) is 9.29. The Hall–Kier alpha value is -2.20. The molecule has 0 aliphatic heterocycles. The fourth-order valence-corrected chi connectivity index (χ4v) is 2.72. The molecule has 0 aliphatic carbocycles. The highest BCUT2D eigenvalue weighted by molar-refractivity contribution is 7.21. The van der Waals surface area contributed by atoms with E-state index >= 15 is 0 Å². The number of aromatic nitrogens is 1. The first-order valence-electron chi connectivity index (χ1n) is 5.41. The molecule has 0 spiro atoms. The van der Waals surface area contributed by atoms with Gasteiger partial charge in [-0.05, 0) is 17.7 Å². The van der Waals surface area contributed by atoms with E-state index in [1.807, 2.05) is 24.3 Å². The highest BCUT2D eigenvalue weighted by atomic mass is 32.1. The summed E-state index contributed by atoms with van der Waals surface area (Å²) in [5.74, 6) is -1.16. The van der Waals surface area contributed by atoms with Crippen LogP contribution in [0.25, 0.3) is 20.8 Å². The van der Waals surface area contributed by atoms with Gasteiger partial charge >= 0.3 is 0 Å². The van der Waals surface area contributed by atoms with Crippen molar-refractivity contribution >= 4 is 27.5 Å². The summed E-state index contributed by atoms with van der Waals surface area (Å²) in [4.78, 5) is 15.2. The van der Waals surface area contributed by atoms with Gasteiger partial charge in [0.05, 0.1) is 16.2 Å². The normalized spacial score (nSPS) is 10.7. The Morgan fingerprint density at radius 3 is 2.44 bits per heavy atom. The maximum Gasteiger partial charge on any atom is 0.124 e. The Labute approximate surface area is 107 Å². The lowest BCUT2D eigenvalue weighted by Crippen LogP contribution is -2.21. The third-order valence-electron chi connectivity index (χ3n) is 2.66. The SMILES string of the molecule is O=C([O-])c1ccc(-c2nc3ccccc3s2)cc1. The van der Waals surface area contributed by atoms with Crippen LogP contribution in [0.5, 0.6) is 0 Å². The zero-order chi connectivity index (χ0) is 12.5. The maximum atomic E-state index is 10.7. The number of carboxylic acid groups (broad SMARTS) is 1. The van der Waals surface area contributed by atoms with Crippen LogP contribution in [-0.2, 0) is 0 Å². The number of para-hydroxylation sites is 1. The summed E-state index contributed by atoms with van der Waals surface area (Å²) in [5, 5.41) is 11.6. The first-order valence-corrected chi connectivity index (χ1v) is 6.23. The fourth-order valence-electron chi connectivity index (χ4n) is 1.74. The van der Waals surface area contributed by atoms with Crippen molar-refractivity contribution in [1.29, 1.82) is 0 Å². The number of fused-ring (bicyclic) bond motifs is 1. The molecule has 18 heavy (non-hydrogen) atoms. The third-order valence-corrected chi connectivity index (χ3v) is 3.75. The monoisotopic (exact) mass is 254 g/mol. The van der Waals surface area contributed by atoms with Crippen molar-refractivity contribution in [2.24, 2.45) is 0 Å². The van der Waals surface area contributed by atoms with Crippen LogP contribution in [0.4, 0.5) is 0 Å². The first-order chi connectivity index (χ1) is 8.74. The second-order valence-electron chi connectivity index (χ2n) is 3.85. The fraction of sp³-hybridized carbons (Fsp3) is 0. The summed E-state index contributed by atoms with van der Waals surface area (Å²) >= 11 is 1.59. The standard InChI is InChI=1S/C14H9NO2S/c16-14(17)10-7-5-9(6-8-10)13-15-11-3-1-2-4-12(11)18-13/h1-8H,(H,16,17)/p-1. The molecule has 0 radical (unpaired) electrons. The van der Waals surface area contributed by atoms with Crippen molar-refractivity contribution < 1.29 is 9.90 Å². The number of benzene rings is 2. The largest absolute Gasteiger partial charge is 0.545 e. The van der Waals surface area contributed by atoms with Crippen LogP contribution >= 0.6 is 11.3 Å². The molecule has 1 heterocycles. The highest BCUT2D eigenvalue weighted by Crippen LogP contribution is 2.29. The molecule has 3 aromatic rings. The number of hydrogen-bond acceptors (Lipinski definition) is 4. The van der Waals surface area contributed by atoms with Crippen LogP contribution in [0.3, 0.4) is 0 Å². The van der Waals surface area contributed by atoms with Crippen molar-refractivity contribution in [3.63, 3.8) is 0 Å². The number of thiazole rings is 1. The van der Waals surface area contributed by atoms with E-state index < -0.39 is 5.97 Å². The van der Waals surface area contributed by atoms with Gasteiger partial charge < -0.3 is 9.90 Å². The summed E-state index contributed by atoms with van der Waals surface area (Å²) in [6.45, 7) is 0. The van der Waals surface area contributed by atoms with E-state index in [0.717, 1.165) is 20.8 Å². The van der Waals surface area contributed by atoms with Crippen LogP contribution < -0.4 is 5.11 Å². The number of nitrogens with zero attached hydrogens (tertiary/aromatic N) is 1. The van der Waals surface area contributed by atoms with Crippen LogP contribution in [0.2, 0.25) is 0 Å². The number of carbonyl (C=O) groups excluding carboxylic acids is 1. The number of aromatic carboxylic acids is 1. The molecule has 2 aromatic carbocycles. The Bertz CT molecular complexity index is 683. The Morgan fingerprint density at radius 1 is 1.06 bits per heavy atom. The van der Waals surface area contributed by atoms with Gasteiger partial charge in [0.25, 0.3) is 0 Å². The molecule has 3 rings (SSSR count). The number of carbonyl (C=O) groups is 1. The lowest BCUT2D eigenvalue weighted by atomic mass is 10.1. The van der Waals surface area contributed by atoms with Crippen LogP contribution in [-0.4, -0.2) is 11.0 Å². The van der Waals surface area contributed by atoms with Crippen molar-refractivity contribution in [2.45, 2.75) is 0 Å². The van der Waals surface area contributed by atoms with Crippen LogP contribution in [0.15, 0.2) is 48.5 Å². The molecule has 88 valence electrons. The lowest BCUT2D eigenvalue weighted by molar-refractivity contribution is -0.255. The van der Waals surface area contributed by atoms with Gasteiger partial charge in [0.2, 0.25) is 0 Å². The molecule has 1 aromatic heterocycles. The second kappa shape index (κ2) is 4.23. The van der Waals surface area contributed by atoms with Crippen molar-refractivity contribution in [2.75, 3.05) is 0 Å². The van der Waals surface area contributed by atoms with Gasteiger partial charge in [-0.1, -0.05) is 36.4 Å². The zero-order valence-corrected chi connectivity index (χ0v) is 10.1. The van der Waals surface area contributed by atoms with Gasteiger partial charge in [-0.3, -0.25) is 0 Å². The van der Waals surface area contributed by atoms with E-state index in [1.165, 1.54) is 12.1 Å². The van der Waals surface area contributed by atoms with E-state index in [1.54, 1.807) is 23.5 Å². The molecule has 0 atom stereocenters. The quantitative estimate of drug-likeness (QED) is 0.705. The van der Waals surface area contributed by atoms with Crippen molar-refractivity contribution in [3.05, 3.63) is 54.1 Å². The smallest absolute Gasteiger partial charge is 0.124 e. The molecule has 0 N–H and O–H groups in total. The molecule has 0 saturated carbocycles. The average Bonchev–Trinajstić information content (AvgIpc) is 2.82. The minimum atomic E-state index is -1.16. The Morgan fingerprint density at radius 2 is 1.78 bits per heavy atom. The summed E-state index contributed by atoms with van der Waals surface area (Å²) in [6.07, 6.45) is 0. The van der Waals surface area contributed by atoms with Crippen LogP contribution in [0.1, 0.15) is 10.4 Å². The second-order valence-corrected chi connectivity index (χ2v) is 4.88.